The van der Waals surface area contributed by atoms with Crippen LogP contribution in [0.5, 0.6) is 0 Å². The van der Waals surface area contributed by atoms with Gasteiger partial charge in [-0.1, -0.05) is 39.5 Å². The summed E-state index contributed by atoms with van der Waals surface area (Å²) in [4.78, 5) is 9.49. The highest BCUT2D eigenvalue weighted by Crippen LogP contribution is 2.20. The van der Waals surface area contributed by atoms with Crippen molar-refractivity contribution in [1.29, 1.82) is 0 Å². The Morgan fingerprint density at radius 3 is 2.43 bits per heavy atom. The Labute approximate surface area is 191 Å². The SMILES string of the molecule is CCN(CC)CC1CCN(C(=NC)NCCCCOC2CCCCCC2)C1.I. The number of hydrogen-bond acceptors (Lipinski definition) is 3. The lowest BCUT2D eigenvalue weighted by atomic mass is 10.1. The van der Waals surface area contributed by atoms with Gasteiger partial charge in [-0.2, -0.15) is 0 Å². The van der Waals surface area contributed by atoms with Gasteiger partial charge < -0.3 is 19.9 Å². The summed E-state index contributed by atoms with van der Waals surface area (Å²) in [6, 6.07) is 0. The van der Waals surface area contributed by atoms with E-state index in [1.54, 1.807) is 0 Å². The first kappa shape index (κ1) is 26.0. The second-order valence-corrected chi connectivity index (χ2v) is 8.25. The van der Waals surface area contributed by atoms with E-state index in [0.29, 0.717) is 6.10 Å². The van der Waals surface area contributed by atoms with E-state index >= 15 is 0 Å². The van der Waals surface area contributed by atoms with Crippen LogP contribution in [0.4, 0.5) is 0 Å². The molecule has 1 unspecified atom stereocenters. The maximum Gasteiger partial charge on any atom is 0.193 e. The highest BCUT2D eigenvalue weighted by molar-refractivity contribution is 14.0. The average molecular weight is 509 g/mol. The molecule has 0 bridgehead atoms. The molecule has 0 amide bonds. The molecule has 1 atom stereocenters. The number of unbranched alkanes of at least 4 members (excludes halogenated alkanes) is 1. The minimum absolute atomic E-state index is 0. The Hall–Kier alpha value is -0.0800. The van der Waals surface area contributed by atoms with Crippen molar-refractivity contribution in [2.45, 2.75) is 77.7 Å². The zero-order valence-corrected chi connectivity index (χ0v) is 21.0. The summed E-state index contributed by atoms with van der Waals surface area (Å²) in [6.45, 7) is 12.2. The lowest BCUT2D eigenvalue weighted by Crippen LogP contribution is -2.41. The summed E-state index contributed by atoms with van der Waals surface area (Å²) < 4.78 is 6.10. The van der Waals surface area contributed by atoms with Crippen molar-refractivity contribution in [2.75, 3.05) is 52.9 Å². The van der Waals surface area contributed by atoms with Gasteiger partial charge in [0.25, 0.3) is 0 Å². The molecule has 0 radical (unpaired) electrons. The molecule has 2 aliphatic rings. The van der Waals surface area contributed by atoms with Crippen molar-refractivity contribution in [3.05, 3.63) is 0 Å². The van der Waals surface area contributed by atoms with E-state index in [9.17, 15) is 0 Å². The molecule has 28 heavy (non-hydrogen) atoms. The molecule has 0 aromatic carbocycles. The minimum Gasteiger partial charge on any atom is -0.378 e. The van der Waals surface area contributed by atoms with E-state index in [4.69, 9.17) is 4.74 Å². The van der Waals surface area contributed by atoms with Crippen molar-refractivity contribution >= 4 is 29.9 Å². The highest BCUT2D eigenvalue weighted by atomic mass is 127. The molecule has 5 nitrogen and oxygen atoms in total. The molecule has 1 saturated heterocycles. The van der Waals surface area contributed by atoms with Gasteiger partial charge >= 0.3 is 0 Å². The summed E-state index contributed by atoms with van der Waals surface area (Å²) >= 11 is 0. The number of likely N-dealkylation sites (tertiary alicyclic amines) is 1. The Bertz CT molecular complexity index is 409. The van der Waals surface area contributed by atoms with Gasteiger partial charge in [0.1, 0.15) is 0 Å². The fourth-order valence-electron chi connectivity index (χ4n) is 4.44. The van der Waals surface area contributed by atoms with E-state index in [0.717, 1.165) is 64.0 Å². The van der Waals surface area contributed by atoms with Gasteiger partial charge in [-0.05, 0) is 51.1 Å². The summed E-state index contributed by atoms with van der Waals surface area (Å²) in [5, 5.41) is 3.57. The Morgan fingerprint density at radius 1 is 1.07 bits per heavy atom. The first-order valence-electron chi connectivity index (χ1n) is 11.6. The van der Waals surface area contributed by atoms with Crippen LogP contribution in [-0.2, 0) is 4.74 Å². The number of guanidine groups is 1. The van der Waals surface area contributed by atoms with Gasteiger partial charge in [0.05, 0.1) is 6.10 Å². The number of nitrogens with one attached hydrogen (secondary N) is 1. The smallest absolute Gasteiger partial charge is 0.193 e. The van der Waals surface area contributed by atoms with Gasteiger partial charge in [-0.15, -0.1) is 24.0 Å². The summed E-state index contributed by atoms with van der Waals surface area (Å²) in [6.07, 6.45) is 12.2. The van der Waals surface area contributed by atoms with E-state index < -0.39 is 0 Å². The summed E-state index contributed by atoms with van der Waals surface area (Å²) in [7, 11) is 1.91. The monoisotopic (exact) mass is 508 g/mol. The van der Waals surface area contributed by atoms with Crippen LogP contribution >= 0.6 is 24.0 Å². The van der Waals surface area contributed by atoms with Crippen LogP contribution in [0.2, 0.25) is 0 Å². The quantitative estimate of drug-likeness (QED) is 0.157. The minimum atomic E-state index is 0. The molecule has 2 rings (SSSR count). The molecule has 0 aromatic rings. The van der Waals surface area contributed by atoms with Crippen LogP contribution in [0.1, 0.15) is 71.6 Å². The molecule has 1 heterocycles. The van der Waals surface area contributed by atoms with Crippen molar-refractivity contribution in [3.8, 4) is 0 Å². The predicted octanol–water partition coefficient (Wildman–Crippen LogP) is 4.36. The summed E-state index contributed by atoms with van der Waals surface area (Å²) in [5.74, 6) is 1.86. The number of nitrogens with zero attached hydrogens (tertiary/aromatic N) is 3. The maximum atomic E-state index is 6.10. The maximum absolute atomic E-state index is 6.10. The van der Waals surface area contributed by atoms with Crippen LogP contribution < -0.4 is 5.32 Å². The number of ether oxygens (including phenoxy) is 1. The molecule has 1 saturated carbocycles. The van der Waals surface area contributed by atoms with Gasteiger partial charge in [-0.25, -0.2) is 0 Å². The third-order valence-electron chi connectivity index (χ3n) is 6.22. The van der Waals surface area contributed by atoms with Gasteiger partial charge in [0, 0.05) is 39.8 Å². The van der Waals surface area contributed by atoms with Gasteiger partial charge in [-0.3, -0.25) is 4.99 Å². The number of halogens is 1. The first-order valence-corrected chi connectivity index (χ1v) is 11.6. The molecular weight excluding hydrogens is 463 g/mol. The second-order valence-electron chi connectivity index (χ2n) is 8.25. The van der Waals surface area contributed by atoms with E-state index in [-0.39, 0.29) is 24.0 Å². The number of aliphatic imine (C=N–C) groups is 1. The van der Waals surface area contributed by atoms with Crippen molar-refractivity contribution < 1.29 is 4.74 Å². The fraction of sp³-hybridized carbons (Fsp3) is 0.955. The van der Waals surface area contributed by atoms with Crippen LogP contribution in [-0.4, -0.2) is 74.8 Å². The van der Waals surface area contributed by atoms with Crippen molar-refractivity contribution in [1.82, 2.24) is 15.1 Å². The van der Waals surface area contributed by atoms with Crippen LogP contribution in [0.15, 0.2) is 4.99 Å². The van der Waals surface area contributed by atoms with Crippen molar-refractivity contribution in [3.63, 3.8) is 0 Å². The molecule has 6 heteroatoms. The first-order chi connectivity index (χ1) is 13.3. The zero-order chi connectivity index (χ0) is 19.3. The average Bonchev–Trinajstić information content (AvgIpc) is 2.99. The third kappa shape index (κ3) is 9.61. The van der Waals surface area contributed by atoms with Crippen LogP contribution in [0, 0.1) is 5.92 Å². The van der Waals surface area contributed by atoms with Gasteiger partial charge in [0.2, 0.25) is 0 Å². The largest absolute Gasteiger partial charge is 0.378 e. The molecule has 0 spiro atoms. The topological polar surface area (TPSA) is 40.1 Å². The molecule has 1 N–H and O–H groups in total. The lowest BCUT2D eigenvalue weighted by Gasteiger charge is -2.24. The van der Waals surface area contributed by atoms with E-state index in [1.165, 1.54) is 51.5 Å². The van der Waals surface area contributed by atoms with E-state index in [1.807, 2.05) is 7.05 Å². The second kappa shape index (κ2) is 15.7. The van der Waals surface area contributed by atoms with E-state index in [2.05, 4.69) is 34.0 Å². The molecule has 166 valence electrons. The molecule has 1 aliphatic carbocycles. The Morgan fingerprint density at radius 2 is 1.79 bits per heavy atom. The van der Waals surface area contributed by atoms with Crippen LogP contribution in [0.3, 0.4) is 0 Å². The summed E-state index contributed by atoms with van der Waals surface area (Å²) in [5.41, 5.74) is 0. The molecule has 1 aliphatic heterocycles. The molecular formula is C22H45IN4O. The lowest BCUT2D eigenvalue weighted by molar-refractivity contribution is 0.0411. The number of rotatable bonds is 10. The van der Waals surface area contributed by atoms with Crippen LogP contribution in [0.25, 0.3) is 0 Å². The standard InChI is InChI=1S/C22H44N4O.HI/c1-4-25(5-2)18-20-14-16-26(19-20)22(23-3)24-15-10-11-17-27-21-12-8-6-7-9-13-21;/h20-21H,4-19H2,1-3H3,(H,23,24);1H. The normalized spacial score (nSPS) is 21.6. The predicted molar refractivity (Wildman–Crippen MR) is 131 cm³/mol. The number of hydrogen-bond donors (Lipinski definition) is 1. The highest BCUT2D eigenvalue weighted by Gasteiger charge is 2.25. The third-order valence-corrected chi connectivity index (χ3v) is 6.22. The Balaban J connectivity index is 0.00000392. The fourth-order valence-corrected chi connectivity index (χ4v) is 4.44. The van der Waals surface area contributed by atoms with Crippen molar-refractivity contribution in [2.24, 2.45) is 10.9 Å². The Kier molecular flexibility index (Phi) is 14.6. The molecule has 2 fully saturated rings. The van der Waals surface area contributed by atoms with Gasteiger partial charge in [0.15, 0.2) is 5.96 Å². The zero-order valence-electron chi connectivity index (χ0n) is 18.6. The molecule has 0 aromatic heterocycles.